The molecule has 2 rings (SSSR count). The van der Waals surface area contributed by atoms with Crippen molar-refractivity contribution in [3.8, 4) is 23.8 Å². The van der Waals surface area contributed by atoms with Crippen LogP contribution in [0.3, 0.4) is 0 Å². The molecule has 0 saturated heterocycles. The molecule has 0 amide bonds. The minimum absolute atomic E-state index is 0.0269. The van der Waals surface area contributed by atoms with E-state index in [1.165, 1.54) is 0 Å². The number of rotatable bonds is 4. The van der Waals surface area contributed by atoms with Crippen molar-refractivity contribution in [1.82, 2.24) is 5.32 Å². The highest BCUT2D eigenvalue weighted by Gasteiger charge is 2.27. The lowest BCUT2D eigenvalue weighted by molar-refractivity contribution is 0.0637. The average molecular weight is 231 g/mol. The van der Waals surface area contributed by atoms with Gasteiger partial charge in [-0.25, -0.2) is 0 Å². The molecule has 0 aliphatic carbocycles. The molecule has 0 saturated carbocycles. The van der Waals surface area contributed by atoms with E-state index in [0.717, 1.165) is 18.0 Å². The third-order valence-corrected chi connectivity index (χ3v) is 2.78. The molecule has 0 spiro atoms. The molecule has 3 nitrogen and oxygen atoms in total. The van der Waals surface area contributed by atoms with E-state index < -0.39 is 0 Å². The first-order chi connectivity index (χ1) is 8.35. The number of benzene rings is 1. The smallest absolute Gasteiger partial charge is 0.161 e. The Morgan fingerprint density at radius 2 is 2.24 bits per heavy atom. The summed E-state index contributed by atoms with van der Waals surface area (Å²) < 4.78 is 11.6. The maximum absolute atomic E-state index is 5.92. The van der Waals surface area contributed by atoms with Crippen LogP contribution in [-0.2, 0) is 0 Å². The van der Waals surface area contributed by atoms with Gasteiger partial charge in [-0.2, -0.15) is 0 Å². The van der Waals surface area contributed by atoms with Crippen molar-refractivity contribution >= 4 is 0 Å². The summed E-state index contributed by atoms with van der Waals surface area (Å²) in [5, 5.41) is 3.34. The van der Waals surface area contributed by atoms with E-state index in [1.54, 1.807) is 0 Å². The van der Waals surface area contributed by atoms with Crippen LogP contribution in [0.25, 0.3) is 0 Å². The van der Waals surface area contributed by atoms with Crippen LogP contribution in [0.4, 0.5) is 0 Å². The fourth-order valence-electron chi connectivity index (χ4n) is 1.96. The van der Waals surface area contributed by atoms with Crippen molar-refractivity contribution in [1.29, 1.82) is 0 Å². The summed E-state index contributed by atoms with van der Waals surface area (Å²) in [6, 6.07) is 7.84. The Hall–Kier alpha value is -1.66. The van der Waals surface area contributed by atoms with Crippen molar-refractivity contribution in [2.24, 2.45) is 0 Å². The van der Waals surface area contributed by atoms with Crippen molar-refractivity contribution in [3.05, 3.63) is 24.3 Å². The molecule has 17 heavy (non-hydrogen) atoms. The Bertz CT molecular complexity index is 411. The molecule has 90 valence electrons. The Morgan fingerprint density at radius 1 is 1.47 bits per heavy atom. The number of para-hydroxylation sites is 2. The van der Waals surface area contributed by atoms with Crippen molar-refractivity contribution in [3.63, 3.8) is 0 Å². The predicted molar refractivity (Wildman–Crippen MR) is 67.3 cm³/mol. The minimum atomic E-state index is -0.0269. The second kappa shape index (κ2) is 5.60. The molecular formula is C14H17NO2. The number of hydrogen-bond donors (Lipinski definition) is 1. The zero-order chi connectivity index (χ0) is 12.1. The second-order valence-corrected chi connectivity index (χ2v) is 3.99. The molecule has 2 atom stereocenters. The summed E-state index contributed by atoms with van der Waals surface area (Å²) in [6.45, 7) is 3.46. The van der Waals surface area contributed by atoms with Gasteiger partial charge in [-0.1, -0.05) is 19.1 Å². The van der Waals surface area contributed by atoms with Crippen molar-refractivity contribution < 1.29 is 9.47 Å². The first-order valence-electron chi connectivity index (χ1n) is 5.90. The van der Waals surface area contributed by atoms with Gasteiger partial charge in [-0.05, 0) is 18.7 Å². The molecular weight excluding hydrogens is 214 g/mol. The topological polar surface area (TPSA) is 30.5 Å². The van der Waals surface area contributed by atoms with Crippen LogP contribution < -0.4 is 14.8 Å². The van der Waals surface area contributed by atoms with Crippen LogP contribution >= 0.6 is 0 Å². The average Bonchev–Trinajstić information content (AvgIpc) is 2.38. The lowest BCUT2D eigenvalue weighted by atomic mass is 10.1. The monoisotopic (exact) mass is 231 g/mol. The highest BCUT2D eigenvalue weighted by molar-refractivity contribution is 5.40. The van der Waals surface area contributed by atoms with E-state index in [9.17, 15) is 0 Å². The minimum Gasteiger partial charge on any atom is -0.486 e. The second-order valence-electron chi connectivity index (χ2n) is 3.99. The van der Waals surface area contributed by atoms with Crippen LogP contribution in [0.15, 0.2) is 24.3 Å². The van der Waals surface area contributed by atoms with Crippen LogP contribution in [0.1, 0.15) is 13.3 Å². The summed E-state index contributed by atoms with van der Waals surface area (Å²) >= 11 is 0. The maximum atomic E-state index is 5.92. The number of hydrogen-bond acceptors (Lipinski definition) is 3. The van der Waals surface area contributed by atoms with Gasteiger partial charge in [0.15, 0.2) is 11.5 Å². The Balaban J connectivity index is 2.07. The fraction of sp³-hybridized carbons (Fsp3) is 0.429. The van der Waals surface area contributed by atoms with Gasteiger partial charge in [-0.15, -0.1) is 12.3 Å². The van der Waals surface area contributed by atoms with Gasteiger partial charge in [0.05, 0.1) is 6.04 Å². The third kappa shape index (κ3) is 2.72. The summed E-state index contributed by atoms with van der Waals surface area (Å²) in [7, 11) is 0. The lowest BCUT2D eigenvalue weighted by Gasteiger charge is -2.31. The molecule has 0 fully saturated rings. The van der Waals surface area contributed by atoms with Gasteiger partial charge < -0.3 is 14.8 Å². The third-order valence-electron chi connectivity index (χ3n) is 2.78. The molecule has 1 aliphatic heterocycles. The Labute approximate surface area is 102 Å². The first kappa shape index (κ1) is 11.8. The van der Waals surface area contributed by atoms with Crippen LogP contribution in [0.2, 0.25) is 0 Å². The van der Waals surface area contributed by atoms with Crippen LogP contribution in [0, 0.1) is 12.3 Å². The molecule has 0 bridgehead atoms. The molecule has 1 aromatic carbocycles. The van der Waals surface area contributed by atoms with Crippen molar-refractivity contribution in [2.45, 2.75) is 25.5 Å². The first-order valence-corrected chi connectivity index (χ1v) is 5.90. The molecule has 1 N–H and O–H groups in total. The van der Waals surface area contributed by atoms with Crippen molar-refractivity contribution in [2.75, 3.05) is 13.2 Å². The molecule has 0 aromatic heterocycles. The predicted octanol–water partition coefficient (Wildman–Crippen LogP) is 1.83. The van der Waals surface area contributed by atoms with E-state index in [2.05, 4.69) is 18.2 Å². The summed E-state index contributed by atoms with van der Waals surface area (Å²) in [5.41, 5.74) is 0. The van der Waals surface area contributed by atoms with Crippen LogP contribution in [0.5, 0.6) is 11.5 Å². The molecule has 0 radical (unpaired) electrons. The zero-order valence-electron chi connectivity index (χ0n) is 9.98. The van der Waals surface area contributed by atoms with Crippen LogP contribution in [-0.4, -0.2) is 25.3 Å². The molecule has 3 heteroatoms. The van der Waals surface area contributed by atoms with Gasteiger partial charge in [0, 0.05) is 6.42 Å². The van der Waals surface area contributed by atoms with Gasteiger partial charge in [-0.3, -0.25) is 0 Å². The molecule has 1 aliphatic rings. The highest BCUT2D eigenvalue weighted by atomic mass is 16.6. The van der Waals surface area contributed by atoms with E-state index in [1.807, 2.05) is 24.3 Å². The quantitative estimate of drug-likeness (QED) is 0.802. The standard InChI is InChI=1S/C14H17NO2/c1-3-7-11(15-4-2)14-10-16-12-8-5-6-9-13(12)17-14/h1,5-6,8-9,11,14-15H,4,7,10H2,2H3. The summed E-state index contributed by atoms with van der Waals surface area (Å²) in [6.07, 6.45) is 5.99. The van der Waals surface area contributed by atoms with Gasteiger partial charge in [0.1, 0.15) is 12.7 Å². The molecule has 1 aromatic rings. The van der Waals surface area contributed by atoms with E-state index >= 15 is 0 Å². The van der Waals surface area contributed by atoms with Gasteiger partial charge in [0.25, 0.3) is 0 Å². The lowest BCUT2D eigenvalue weighted by Crippen LogP contribution is -2.47. The largest absolute Gasteiger partial charge is 0.486 e. The maximum Gasteiger partial charge on any atom is 0.161 e. The zero-order valence-corrected chi connectivity index (χ0v) is 9.98. The van der Waals surface area contributed by atoms with Gasteiger partial charge >= 0.3 is 0 Å². The SMILES string of the molecule is C#CCC(NCC)C1COc2ccccc2O1. The fourth-order valence-corrected chi connectivity index (χ4v) is 1.96. The number of ether oxygens (including phenoxy) is 2. The van der Waals surface area contributed by atoms with E-state index in [0.29, 0.717) is 13.0 Å². The number of nitrogens with one attached hydrogen (secondary N) is 1. The number of likely N-dealkylation sites (N-methyl/N-ethyl adjacent to an activating group) is 1. The highest BCUT2D eigenvalue weighted by Crippen LogP contribution is 2.31. The Morgan fingerprint density at radius 3 is 2.94 bits per heavy atom. The normalized spacial score (nSPS) is 19.4. The number of terminal acetylenes is 1. The summed E-state index contributed by atoms with van der Waals surface area (Å²) in [4.78, 5) is 0. The number of fused-ring (bicyclic) bond motifs is 1. The molecule has 1 heterocycles. The van der Waals surface area contributed by atoms with E-state index in [-0.39, 0.29) is 12.1 Å². The van der Waals surface area contributed by atoms with Gasteiger partial charge in [0.2, 0.25) is 0 Å². The van der Waals surface area contributed by atoms with E-state index in [4.69, 9.17) is 15.9 Å². The molecule has 2 unspecified atom stereocenters. The summed E-state index contributed by atoms with van der Waals surface area (Å²) in [5.74, 6) is 4.28. The Kier molecular flexibility index (Phi) is 3.89.